The molecular weight excluding hydrogens is 532 g/mol. The number of hydrogen-bond donors (Lipinski definition) is 3. The minimum absolute atomic E-state index is 0.0761. The normalized spacial score (nSPS) is 16.1. The van der Waals surface area contributed by atoms with Crippen LogP contribution in [0.15, 0.2) is 72.8 Å². The largest absolute Gasteiger partial charge is 0.351 e. The molecule has 0 saturated carbocycles. The van der Waals surface area contributed by atoms with Gasteiger partial charge < -0.3 is 30.3 Å². The topological polar surface area (TPSA) is 109 Å². The first kappa shape index (κ1) is 29.1. The monoisotopic (exact) mass is 564 g/mol. The number of urea groups is 1. The minimum Gasteiger partial charge on any atom is -0.351 e. The molecule has 0 bridgehead atoms. The van der Waals surface area contributed by atoms with Gasteiger partial charge in [0, 0.05) is 24.5 Å². The highest BCUT2D eigenvalue weighted by Crippen LogP contribution is 2.43. The fourth-order valence-corrected chi connectivity index (χ4v) is 4.89. The summed E-state index contributed by atoms with van der Waals surface area (Å²) in [5.74, 6) is -0.926. The second-order valence-electron chi connectivity index (χ2n) is 9.33. The molecule has 0 saturated heterocycles. The van der Waals surface area contributed by atoms with E-state index in [1.807, 2.05) is 32.9 Å². The maximum absolute atomic E-state index is 14.3. The predicted octanol–water partition coefficient (Wildman–Crippen LogP) is 5.44. The molecule has 3 N–H and O–H groups in total. The van der Waals surface area contributed by atoms with Crippen LogP contribution < -0.4 is 20.9 Å². The van der Waals surface area contributed by atoms with Crippen LogP contribution in [0.2, 0.25) is 5.02 Å². The van der Waals surface area contributed by atoms with Gasteiger partial charge in [-0.1, -0.05) is 59.6 Å². The van der Waals surface area contributed by atoms with E-state index in [0.717, 1.165) is 5.56 Å². The summed E-state index contributed by atoms with van der Waals surface area (Å²) in [5, 5.41) is 8.71. The number of halogens is 1. The molecule has 1 atom stereocenters. The number of hydrogen-bond acceptors (Lipinski definition) is 5. The van der Waals surface area contributed by atoms with Crippen LogP contribution >= 0.6 is 11.6 Å². The third kappa shape index (κ3) is 6.44. The molecule has 0 fully saturated rings. The maximum Gasteiger partial charge on any atom is 0.320 e. The fourth-order valence-electron chi connectivity index (χ4n) is 4.71. The number of benzene rings is 3. The number of fused-ring (bicyclic) bond motifs is 1. The third-order valence-corrected chi connectivity index (χ3v) is 6.84. The number of nitrogens with zero attached hydrogens (tertiary/aromatic N) is 1. The van der Waals surface area contributed by atoms with E-state index in [4.69, 9.17) is 21.1 Å². The lowest BCUT2D eigenvalue weighted by molar-refractivity contribution is -0.138. The zero-order chi connectivity index (χ0) is 28.7. The highest BCUT2D eigenvalue weighted by molar-refractivity contribution is 6.33. The molecule has 4 amide bonds. The summed E-state index contributed by atoms with van der Waals surface area (Å²) in [6.07, 6.45) is -1.04. The second-order valence-corrected chi connectivity index (χ2v) is 9.74. The van der Waals surface area contributed by atoms with Crippen molar-refractivity contribution >= 4 is 46.5 Å². The Morgan fingerprint density at radius 3 is 2.25 bits per heavy atom. The number of aryl methyl sites for hydroxylation is 1. The smallest absolute Gasteiger partial charge is 0.320 e. The van der Waals surface area contributed by atoms with Crippen molar-refractivity contribution in [3.05, 3.63) is 88.9 Å². The highest BCUT2D eigenvalue weighted by Gasteiger charge is 2.53. The first-order valence-corrected chi connectivity index (χ1v) is 13.5. The zero-order valence-electron chi connectivity index (χ0n) is 22.7. The van der Waals surface area contributed by atoms with Crippen molar-refractivity contribution in [1.82, 2.24) is 5.32 Å². The summed E-state index contributed by atoms with van der Waals surface area (Å²) in [4.78, 5) is 42.6. The van der Waals surface area contributed by atoms with Crippen molar-refractivity contribution in [2.75, 3.05) is 35.3 Å². The third-order valence-electron chi connectivity index (χ3n) is 6.51. The van der Waals surface area contributed by atoms with E-state index in [1.54, 1.807) is 60.7 Å². The van der Waals surface area contributed by atoms with Crippen molar-refractivity contribution in [3.63, 3.8) is 0 Å². The van der Waals surface area contributed by atoms with E-state index >= 15 is 0 Å². The van der Waals surface area contributed by atoms with Crippen molar-refractivity contribution in [2.45, 2.75) is 39.0 Å². The van der Waals surface area contributed by atoms with Crippen molar-refractivity contribution < 1.29 is 23.9 Å². The van der Waals surface area contributed by atoms with Gasteiger partial charge in [0.25, 0.3) is 5.91 Å². The molecule has 0 unspecified atom stereocenters. The Balaban J connectivity index is 1.70. The van der Waals surface area contributed by atoms with Crippen LogP contribution in [0.4, 0.5) is 21.9 Å². The summed E-state index contributed by atoms with van der Waals surface area (Å²) in [6.45, 7) is 6.47. The Kier molecular flexibility index (Phi) is 9.42. The van der Waals surface area contributed by atoms with E-state index in [9.17, 15) is 14.4 Å². The summed E-state index contributed by atoms with van der Waals surface area (Å²) in [6, 6.07) is 20.4. The van der Waals surface area contributed by atoms with Crippen LogP contribution in [0.3, 0.4) is 0 Å². The molecule has 10 heteroatoms. The molecule has 0 spiro atoms. The number of ether oxygens (including phenoxy) is 2. The number of rotatable bonds is 11. The Bertz CT molecular complexity index is 1360. The van der Waals surface area contributed by atoms with Gasteiger partial charge in [-0.2, -0.15) is 0 Å². The molecule has 1 aliphatic heterocycles. The molecule has 0 aliphatic carbocycles. The van der Waals surface area contributed by atoms with Gasteiger partial charge in [0.05, 0.1) is 29.4 Å². The summed E-state index contributed by atoms with van der Waals surface area (Å²) in [5.41, 5.74) is 1.32. The first-order chi connectivity index (χ1) is 19.3. The molecule has 9 nitrogen and oxygen atoms in total. The van der Waals surface area contributed by atoms with E-state index in [2.05, 4.69) is 16.0 Å². The Hall–Kier alpha value is -3.92. The van der Waals surface area contributed by atoms with Gasteiger partial charge in [0.1, 0.15) is 0 Å². The van der Waals surface area contributed by atoms with Crippen LogP contribution in [-0.4, -0.2) is 43.9 Å². The minimum atomic E-state index is -1.71. The van der Waals surface area contributed by atoms with Crippen LogP contribution in [-0.2, 0) is 24.6 Å². The van der Waals surface area contributed by atoms with E-state index in [-0.39, 0.29) is 13.0 Å². The number of carbonyl (C=O) groups excluding carboxylic acids is 3. The number of amides is 4. The number of para-hydroxylation sites is 2. The lowest BCUT2D eigenvalue weighted by Crippen LogP contribution is -2.56. The highest BCUT2D eigenvalue weighted by atomic mass is 35.5. The average Bonchev–Trinajstić information content (AvgIpc) is 3.14. The van der Waals surface area contributed by atoms with Crippen molar-refractivity contribution in [1.29, 1.82) is 0 Å². The number of carbonyl (C=O) groups is 3. The molecule has 40 heavy (non-hydrogen) atoms. The van der Waals surface area contributed by atoms with Crippen LogP contribution in [0.5, 0.6) is 0 Å². The average molecular weight is 565 g/mol. The van der Waals surface area contributed by atoms with Gasteiger partial charge in [0.15, 0.2) is 11.8 Å². The fraction of sp³-hybridized carbons (Fsp3) is 0.300. The summed E-state index contributed by atoms with van der Waals surface area (Å²) >= 11 is 6.25. The SMILES string of the molecule is CCOC(CN1C(=O)[C@@](CC(=O)Nc2ccc(C)cc2)(NC(=O)Nc2ccccc2Cl)c2ccccc21)OCC. The Morgan fingerprint density at radius 1 is 0.925 bits per heavy atom. The van der Waals surface area contributed by atoms with Crippen LogP contribution in [0.1, 0.15) is 31.4 Å². The molecular formula is C30H33ClN4O5. The molecule has 0 aromatic heterocycles. The van der Waals surface area contributed by atoms with Gasteiger partial charge >= 0.3 is 6.03 Å². The summed E-state index contributed by atoms with van der Waals surface area (Å²) < 4.78 is 11.4. The lowest BCUT2D eigenvalue weighted by Gasteiger charge is -2.30. The molecule has 1 heterocycles. The quantitative estimate of drug-likeness (QED) is 0.269. The first-order valence-electron chi connectivity index (χ1n) is 13.1. The molecule has 3 aromatic carbocycles. The second kappa shape index (κ2) is 13.0. The molecule has 210 valence electrons. The summed E-state index contributed by atoms with van der Waals surface area (Å²) in [7, 11) is 0. The number of anilines is 3. The predicted molar refractivity (Wildman–Crippen MR) is 156 cm³/mol. The van der Waals surface area contributed by atoms with E-state index in [0.29, 0.717) is 40.9 Å². The lowest BCUT2D eigenvalue weighted by atomic mass is 9.87. The van der Waals surface area contributed by atoms with Gasteiger partial charge in [0.2, 0.25) is 5.91 Å². The van der Waals surface area contributed by atoms with Crippen LogP contribution in [0, 0.1) is 6.92 Å². The molecule has 1 aliphatic rings. The van der Waals surface area contributed by atoms with Gasteiger partial charge in [-0.25, -0.2) is 4.79 Å². The molecule has 4 rings (SSSR count). The van der Waals surface area contributed by atoms with Crippen molar-refractivity contribution in [3.8, 4) is 0 Å². The standard InChI is InChI=1S/C30H33ClN4O5/c1-4-39-27(40-5-2)19-35-25-13-9-6-10-22(25)30(28(35)37,18-26(36)32-21-16-14-20(3)15-17-21)34-29(38)33-24-12-8-7-11-23(24)31/h6-17,27H,4-5,18-19H2,1-3H3,(H,32,36)(H2,33,34,38)/t30-/m0/s1. The Labute approximate surface area is 238 Å². The van der Waals surface area contributed by atoms with E-state index < -0.39 is 29.7 Å². The Morgan fingerprint density at radius 2 is 1.57 bits per heavy atom. The molecule has 3 aromatic rings. The molecule has 0 radical (unpaired) electrons. The van der Waals surface area contributed by atoms with E-state index in [1.165, 1.54) is 4.90 Å². The van der Waals surface area contributed by atoms with Gasteiger partial charge in [-0.3, -0.25) is 9.59 Å². The van der Waals surface area contributed by atoms with Gasteiger partial charge in [-0.05, 0) is 51.1 Å². The van der Waals surface area contributed by atoms with Crippen molar-refractivity contribution in [2.24, 2.45) is 0 Å². The van der Waals surface area contributed by atoms with Crippen LogP contribution in [0.25, 0.3) is 0 Å². The number of nitrogens with one attached hydrogen (secondary N) is 3. The zero-order valence-corrected chi connectivity index (χ0v) is 23.5. The maximum atomic E-state index is 14.3. The van der Waals surface area contributed by atoms with Gasteiger partial charge in [-0.15, -0.1) is 0 Å².